The van der Waals surface area contributed by atoms with Crippen molar-refractivity contribution in [1.82, 2.24) is 4.72 Å². The Morgan fingerprint density at radius 3 is 2.38 bits per heavy atom. The van der Waals surface area contributed by atoms with Crippen molar-refractivity contribution in [2.45, 2.75) is 37.0 Å². The van der Waals surface area contributed by atoms with Gasteiger partial charge in [0.25, 0.3) is 0 Å². The van der Waals surface area contributed by atoms with Gasteiger partial charge in [-0.3, -0.25) is 4.79 Å². The Balaban J connectivity index is 1.94. The number of rotatable bonds is 7. The van der Waals surface area contributed by atoms with E-state index in [4.69, 9.17) is 0 Å². The number of anilines is 1. The summed E-state index contributed by atoms with van der Waals surface area (Å²) in [6, 6.07) is 16.2. The van der Waals surface area contributed by atoms with Crippen LogP contribution < -0.4 is 10.0 Å². The average molecular weight is 393 g/mol. The maximum atomic E-state index is 12.4. The minimum absolute atomic E-state index is 0.127. The third-order valence-corrected chi connectivity index (χ3v) is 5.97. The first kappa shape index (κ1) is 20.5. The number of hydrogen-bond acceptors (Lipinski definition) is 4. The van der Waals surface area contributed by atoms with Gasteiger partial charge in [-0.1, -0.05) is 36.4 Å². The largest absolute Gasteiger partial charge is 0.325 e. The highest BCUT2D eigenvalue weighted by Crippen LogP contribution is 2.18. The van der Waals surface area contributed by atoms with Gasteiger partial charge in [0.15, 0.2) is 0 Å². The van der Waals surface area contributed by atoms with Gasteiger partial charge in [-0.05, 0) is 44.5 Å². The smallest absolute Gasteiger partial charge is 0.241 e. The summed E-state index contributed by atoms with van der Waals surface area (Å²) in [5.74, 6) is 0.883. The van der Waals surface area contributed by atoms with Crippen molar-refractivity contribution in [1.29, 1.82) is 0 Å². The summed E-state index contributed by atoms with van der Waals surface area (Å²) in [5.41, 5.74) is 1.05. The summed E-state index contributed by atoms with van der Waals surface area (Å²) in [6.07, 6.45) is 0. The molecule has 0 aliphatic heterocycles. The highest BCUT2D eigenvalue weighted by Gasteiger charge is 2.22. The monoisotopic (exact) mass is 392 g/mol. The predicted octanol–water partition coefficient (Wildman–Crippen LogP) is 3.64. The standard InChI is InChI=1S/C19H24N2O3S2/c1-19(2,3)21-26(23,24)17-11-7-10-16(12-17)20-18(22)14-25-13-15-8-5-4-6-9-15/h4-12,21H,13-14H2,1-3H3,(H,20,22). The molecular formula is C19H24N2O3S2. The van der Waals surface area contributed by atoms with Crippen molar-refractivity contribution in [3.8, 4) is 0 Å². The molecule has 0 heterocycles. The molecule has 0 aromatic heterocycles. The number of hydrogen-bond donors (Lipinski definition) is 2. The number of carbonyl (C=O) groups excluding carboxylic acids is 1. The number of benzene rings is 2. The van der Waals surface area contributed by atoms with E-state index in [0.29, 0.717) is 11.4 Å². The molecule has 2 N–H and O–H groups in total. The van der Waals surface area contributed by atoms with Crippen molar-refractivity contribution in [3.05, 3.63) is 60.2 Å². The molecule has 0 atom stereocenters. The van der Waals surface area contributed by atoms with Crippen molar-refractivity contribution >= 4 is 33.4 Å². The van der Waals surface area contributed by atoms with Crippen LogP contribution in [-0.2, 0) is 20.6 Å². The van der Waals surface area contributed by atoms with Crippen LogP contribution in [0.4, 0.5) is 5.69 Å². The van der Waals surface area contributed by atoms with Crippen LogP contribution in [0, 0.1) is 0 Å². The number of carbonyl (C=O) groups is 1. The summed E-state index contributed by atoms with van der Waals surface area (Å²) in [6.45, 7) is 5.33. The van der Waals surface area contributed by atoms with Gasteiger partial charge in [0, 0.05) is 17.0 Å². The van der Waals surface area contributed by atoms with E-state index in [2.05, 4.69) is 10.0 Å². The topological polar surface area (TPSA) is 75.3 Å². The summed E-state index contributed by atoms with van der Waals surface area (Å²) >= 11 is 1.51. The van der Waals surface area contributed by atoms with Crippen LogP contribution in [0.2, 0.25) is 0 Å². The number of amides is 1. The molecule has 2 aromatic rings. The quantitative estimate of drug-likeness (QED) is 0.754. The Labute approximate surface area is 159 Å². The van der Waals surface area contributed by atoms with Crippen LogP contribution >= 0.6 is 11.8 Å². The summed E-state index contributed by atoms with van der Waals surface area (Å²) in [7, 11) is -3.64. The lowest BCUT2D eigenvalue weighted by molar-refractivity contribution is -0.113. The predicted molar refractivity (Wildman–Crippen MR) is 108 cm³/mol. The zero-order valence-electron chi connectivity index (χ0n) is 15.2. The molecule has 0 radical (unpaired) electrons. The Morgan fingerprint density at radius 1 is 1.04 bits per heavy atom. The molecule has 1 amide bonds. The second kappa shape index (κ2) is 8.70. The van der Waals surface area contributed by atoms with E-state index in [-0.39, 0.29) is 10.8 Å². The van der Waals surface area contributed by atoms with Crippen LogP contribution in [-0.4, -0.2) is 25.6 Å². The summed E-state index contributed by atoms with van der Waals surface area (Å²) < 4.78 is 27.4. The lowest BCUT2D eigenvalue weighted by atomic mass is 10.1. The molecule has 26 heavy (non-hydrogen) atoms. The van der Waals surface area contributed by atoms with Crippen LogP contribution in [0.3, 0.4) is 0 Å². The van der Waals surface area contributed by atoms with Gasteiger partial charge < -0.3 is 5.32 Å². The number of sulfonamides is 1. The molecular weight excluding hydrogens is 368 g/mol. The highest BCUT2D eigenvalue weighted by molar-refractivity contribution is 7.99. The Kier molecular flexibility index (Phi) is 6.86. The van der Waals surface area contributed by atoms with Gasteiger partial charge in [0.2, 0.25) is 15.9 Å². The Bertz CT molecular complexity index is 845. The Hall–Kier alpha value is -1.83. The zero-order valence-corrected chi connectivity index (χ0v) is 16.8. The fraction of sp³-hybridized carbons (Fsp3) is 0.316. The van der Waals surface area contributed by atoms with Gasteiger partial charge in [0.05, 0.1) is 10.6 Å². The molecule has 2 aromatic carbocycles. The first-order chi connectivity index (χ1) is 12.2. The second-order valence-electron chi connectivity index (χ2n) is 6.91. The molecule has 2 rings (SSSR count). The molecule has 0 fully saturated rings. The van der Waals surface area contributed by atoms with Gasteiger partial charge >= 0.3 is 0 Å². The first-order valence-corrected chi connectivity index (χ1v) is 10.9. The van der Waals surface area contributed by atoms with E-state index in [1.165, 1.54) is 23.9 Å². The van der Waals surface area contributed by atoms with Gasteiger partial charge in [-0.2, -0.15) is 0 Å². The third kappa shape index (κ3) is 6.82. The zero-order chi connectivity index (χ0) is 19.2. The highest BCUT2D eigenvalue weighted by atomic mass is 32.2. The van der Waals surface area contributed by atoms with Crippen molar-refractivity contribution in [2.75, 3.05) is 11.1 Å². The van der Waals surface area contributed by atoms with E-state index < -0.39 is 15.6 Å². The van der Waals surface area contributed by atoms with Gasteiger partial charge in [0.1, 0.15) is 0 Å². The fourth-order valence-corrected chi connectivity index (χ4v) is 4.49. The van der Waals surface area contributed by atoms with E-state index in [9.17, 15) is 13.2 Å². The molecule has 140 valence electrons. The van der Waals surface area contributed by atoms with Crippen LogP contribution in [0.1, 0.15) is 26.3 Å². The van der Waals surface area contributed by atoms with Crippen molar-refractivity contribution in [3.63, 3.8) is 0 Å². The number of thioether (sulfide) groups is 1. The maximum absolute atomic E-state index is 12.4. The lowest BCUT2D eigenvalue weighted by Crippen LogP contribution is -2.40. The fourth-order valence-electron chi connectivity index (χ4n) is 2.24. The molecule has 0 bridgehead atoms. The summed E-state index contributed by atoms with van der Waals surface area (Å²) in [4.78, 5) is 12.2. The molecule has 0 aliphatic rings. The molecule has 0 spiro atoms. The molecule has 0 saturated heterocycles. The van der Waals surface area contributed by atoms with Gasteiger partial charge in [-0.25, -0.2) is 13.1 Å². The molecule has 0 aliphatic carbocycles. The van der Waals surface area contributed by atoms with Crippen molar-refractivity contribution < 1.29 is 13.2 Å². The van der Waals surface area contributed by atoms with E-state index in [0.717, 1.165) is 11.3 Å². The normalized spacial score (nSPS) is 12.0. The molecule has 0 unspecified atom stereocenters. The minimum atomic E-state index is -3.64. The van der Waals surface area contributed by atoms with Gasteiger partial charge in [-0.15, -0.1) is 11.8 Å². The van der Waals surface area contributed by atoms with Crippen LogP contribution in [0.5, 0.6) is 0 Å². The van der Waals surface area contributed by atoms with Crippen molar-refractivity contribution in [2.24, 2.45) is 0 Å². The third-order valence-electron chi connectivity index (χ3n) is 3.21. The first-order valence-electron chi connectivity index (χ1n) is 8.21. The Morgan fingerprint density at radius 2 is 1.73 bits per heavy atom. The molecule has 0 saturated carbocycles. The average Bonchev–Trinajstić information content (AvgIpc) is 2.54. The van der Waals surface area contributed by atoms with E-state index in [1.54, 1.807) is 32.9 Å². The number of nitrogens with one attached hydrogen (secondary N) is 2. The molecule has 7 heteroatoms. The van der Waals surface area contributed by atoms with Crippen LogP contribution in [0.15, 0.2) is 59.5 Å². The second-order valence-corrected chi connectivity index (χ2v) is 9.58. The van der Waals surface area contributed by atoms with E-state index >= 15 is 0 Å². The lowest BCUT2D eigenvalue weighted by Gasteiger charge is -2.20. The van der Waals surface area contributed by atoms with E-state index in [1.807, 2.05) is 30.3 Å². The maximum Gasteiger partial charge on any atom is 0.241 e. The SMILES string of the molecule is CC(C)(C)NS(=O)(=O)c1cccc(NC(=O)CSCc2ccccc2)c1. The summed E-state index contributed by atoms with van der Waals surface area (Å²) in [5, 5.41) is 2.75. The minimum Gasteiger partial charge on any atom is -0.325 e. The van der Waals surface area contributed by atoms with Crippen LogP contribution in [0.25, 0.3) is 0 Å². The molecule has 5 nitrogen and oxygen atoms in total.